The van der Waals surface area contributed by atoms with Gasteiger partial charge in [0, 0.05) is 37.3 Å². The molecule has 9 heteroatoms. The van der Waals surface area contributed by atoms with Gasteiger partial charge in [-0.15, -0.1) is 24.0 Å². The SMILES string of the molecule is CCNC(=NCc1ccc(C(=O)NCC(N)=O)cc1)NCCN(C(C)C)C(C)C.I. The maximum absolute atomic E-state index is 11.9. The number of carbonyl (C=O) groups excluding carboxylic acids is 2. The van der Waals surface area contributed by atoms with E-state index in [4.69, 9.17) is 5.73 Å². The summed E-state index contributed by atoms with van der Waals surface area (Å²) in [4.78, 5) is 29.7. The maximum Gasteiger partial charge on any atom is 0.251 e. The van der Waals surface area contributed by atoms with Crippen LogP contribution in [0, 0.1) is 0 Å². The van der Waals surface area contributed by atoms with Gasteiger partial charge in [0.05, 0.1) is 13.1 Å². The van der Waals surface area contributed by atoms with Crippen molar-refractivity contribution in [2.75, 3.05) is 26.2 Å². The van der Waals surface area contributed by atoms with Gasteiger partial charge in [-0.25, -0.2) is 4.99 Å². The minimum absolute atomic E-state index is 0. The van der Waals surface area contributed by atoms with Crippen LogP contribution in [-0.2, 0) is 11.3 Å². The van der Waals surface area contributed by atoms with Crippen LogP contribution >= 0.6 is 24.0 Å². The third kappa shape index (κ3) is 10.8. The molecule has 1 rings (SSSR count). The Hall–Kier alpha value is -1.88. The van der Waals surface area contributed by atoms with Crippen LogP contribution in [0.5, 0.6) is 0 Å². The number of halogens is 1. The summed E-state index contributed by atoms with van der Waals surface area (Å²) in [6.45, 7) is 13.7. The molecule has 0 saturated heterocycles. The molecular weight excluding hydrogens is 495 g/mol. The highest BCUT2D eigenvalue weighted by Crippen LogP contribution is 2.06. The molecule has 0 unspecified atom stereocenters. The van der Waals surface area contributed by atoms with Crippen LogP contribution in [0.1, 0.15) is 50.5 Å². The zero-order chi connectivity index (χ0) is 21.8. The molecule has 0 heterocycles. The van der Waals surface area contributed by atoms with Crippen LogP contribution in [0.15, 0.2) is 29.3 Å². The predicted molar refractivity (Wildman–Crippen MR) is 133 cm³/mol. The smallest absolute Gasteiger partial charge is 0.251 e. The van der Waals surface area contributed by atoms with Gasteiger partial charge in [-0.3, -0.25) is 14.5 Å². The molecule has 0 spiro atoms. The summed E-state index contributed by atoms with van der Waals surface area (Å²) in [6, 6.07) is 8.12. The average molecular weight is 532 g/mol. The first-order valence-corrected chi connectivity index (χ1v) is 10.2. The molecule has 8 nitrogen and oxygen atoms in total. The van der Waals surface area contributed by atoms with E-state index in [0.717, 1.165) is 31.2 Å². The molecule has 5 N–H and O–H groups in total. The fourth-order valence-electron chi connectivity index (χ4n) is 2.96. The van der Waals surface area contributed by atoms with E-state index < -0.39 is 5.91 Å². The number of rotatable bonds is 11. The highest BCUT2D eigenvalue weighted by Gasteiger charge is 2.12. The van der Waals surface area contributed by atoms with E-state index in [2.05, 4.69) is 53.5 Å². The Labute approximate surface area is 197 Å². The largest absolute Gasteiger partial charge is 0.368 e. The normalized spacial score (nSPS) is 11.4. The number of carbonyl (C=O) groups is 2. The van der Waals surface area contributed by atoms with E-state index in [1.807, 2.05) is 19.1 Å². The number of nitrogens with zero attached hydrogens (tertiary/aromatic N) is 2. The Kier molecular flexibility index (Phi) is 14.1. The number of hydrogen-bond acceptors (Lipinski definition) is 4. The molecule has 1 aromatic rings. The number of benzene rings is 1. The Morgan fingerprint density at radius 2 is 1.63 bits per heavy atom. The molecule has 30 heavy (non-hydrogen) atoms. The molecule has 2 amide bonds. The molecule has 0 aromatic heterocycles. The molecule has 0 atom stereocenters. The fourth-order valence-corrected chi connectivity index (χ4v) is 2.96. The molecule has 0 aliphatic rings. The third-order valence-corrected chi connectivity index (χ3v) is 4.39. The van der Waals surface area contributed by atoms with Crippen molar-refractivity contribution in [3.05, 3.63) is 35.4 Å². The second-order valence-electron chi connectivity index (χ2n) is 7.39. The minimum Gasteiger partial charge on any atom is -0.368 e. The van der Waals surface area contributed by atoms with Crippen LogP contribution < -0.4 is 21.7 Å². The molecule has 1 aromatic carbocycles. The minimum atomic E-state index is -0.572. The molecule has 0 fully saturated rings. The summed E-state index contributed by atoms with van der Waals surface area (Å²) in [7, 11) is 0. The number of hydrogen-bond donors (Lipinski definition) is 4. The number of amides is 2. The lowest BCUT2D eigenvalue weighted by molar-refractivity contribution is -0.117. The molecule has 0 saturated carbocycles. The van der Waals surface area contributed by atoms with Gasteiger partial charge in [0.25, 0.3) is 5.91 Å². The van der Waals surface area contributed by atoms with E-state index in [0.29, 0.717) is 24.2 Å². The number of aliphatic imine (C=N–C) groups is 1. The topological polar surface area (TPSA) is 112 Å². The van der Waals surface area contributed by atoms with Gasteiger partial charge in [-0.2, -0.15) is 0 Å². The van der Waals surface area contributed by atoms with Crippen molar-refractivity contribution in [2.45, 2.75) is 53.2 Å². The zero-order valence-corrected chi connectivity index (χ0v) is 21.0. The number of primary amides is 1. The van der Waals surface area contributed by atoms with Gasteiger partial charge in [0.2, 0.25) is 5.91 Å². The van der Waals surface area contributed by atoms with Gasteiger partial charge in [-0.05, 0) is 52.3 Å². The lowest BCUT2D eigenvalue weighted by Crippen LogP contribution is -2.45. The summed E-state index contributed by atoms with van der Waals surface area (Å²) in [6.07, 6.45) is 0. The summed E-state index contributed by atoms with van der Waals surface area (Å²) >= 11 is 0. The maximum atomic E-state index is 11.9. The summed E-state index contributed by atoms with van der Waals surface area (Å²) < 4.78 is 0. The molecule has 170 valence electrons. The summed E-state index contributed by atoms with van der Waals surface area (Å²) in [5.74, 6) is -0.130. The second kappa shape index (κ2) is 15.0. The van der Waals surface area contributed by atoms with Gasteiger partial charge in [0.1, 0.15) is 0 Å². The summed E-state index contributed by atoms with van der Waals surface area (Å²) in [5.41, 5.74) is 6.50. The molecule has 0 radical (unpaired) electrons. The van der Waals surface area contributed by atoms with Crippen LogP contribution in [0.2, 0.25) is 0 Å². The van der Waals surface area contributed by atoms with Crippen molar-refractivity contribution >= 4 is 41.8 Å². The Morgan fingerprint density at radius 3 is 2.13 bits per heavy atom. The number of guanidine groups is 1. The molecule has 0 bridgehead atoms. The van der Waals surface area contributed by atoms with Gasteiger partial charge in [-0.1, -0.05) is 12.1 Å². The van der Waals surface area contributed by atoms with E-state index in [1.165, 1.54) is 0 Å². The quantitative estimate of drug-likeness (QED) is 0.197. The van der Waals surface area contributed by atoms with Crippen molar-refractivity contribution in [3.8, 4) is 0 Å². The second-order valence-corrected chi connectivity index (χ2v) is 7.39. The Morgan fingerprint density at radius 1 is 1.03 bits per heavy atom. The molecule has 0 aliphatic heterocycles. The highest BCUT2D eigenvalue weighted by atomic mass is 127. The van der Waals surface area contributed by atoms with Crippen LogP contribution in [0.4, 0.5) is 0 Å². The van der Waals surface area contributed by atoms with Crippen LogP contribution in [0.3, 0.4) is 0 Å². The third-order valence-electron chi connectivity index (χ3n) is 4.39. The van der Waals surface area contributed by atoms with E-state index in [-0.39, 0.29) is 36.4 Å². The first kappa shape index (κ1) is 28.1. The lowest BCUT2D eigenvalue weighted by Gasteiger charge is -2.30. The highest BCUT2D eigenvalue weighted by molar-refractivity contribution is 14.0. The standard InChI is InChI=1S/C21H36N6O2.HI/c1-6-23-21(24-11-12-27(15(2)3)16(4)5)26-13-17-7-9-18(10-8-17)20(29)25-14-19(22)28;/h7-10,15-16H,6,11-14H2,1-5H3,(H2,22,28)(H,25,29)(H2,23,24,26);1H. The van der Waals surface area contributed by atoms with E-state index in [9.17, 15) is 9.59 Å². The zero-order valence-electron chi connectivity index (χ0n) is 18.7. The predicted octanol–water partition coefficient (Wildman–Crippen LogP) is 1.69. The van der Waals surface area contributed by atoms with Crippen molar-refractivity contribution in [3.63, 3.8) is 0 Å². The fraction of sp³-hybridized carbons (Fsp3) is 0.571. The first-order chi connectivity index (χ1) is 13.7. The van der Waals surface area contributed by atoms with Crippen molar-refractivity contribution in [1.29, 1.82) is 0 Å². The van der Waals surface area contributed by atoms with Crippen molar-refractivity contribution in [1.82, 2.24) is 20.9 Å². The van der Waals surface area contributed by atoms with Gasteiger partial charge >= 0.3 is 0 Å². The first-order valence-electron chi connectivity index (χ1n) is 10.2. The van der Waals surface area contributed by atoms with Gasteiger partial charge < -0.3 is 21.7 Å². The van der Waals surface area contributed by atoms with Crippen LogP contribution in [0.25, 0.3) is 0 Å². The van der Waals surface area contributed by atoms with Crippen molar-refractivity contribution < 1.29 is 9.59 Å². The van der Waals surface area contributed by atoms with Gasteiger partial charge in [0.15, 0.2) is 5.96 Å². The summed E-state index contributed by atoms with van der Waals surface area (Å²) in [5, 5.41) is 9.10. The number of nitrogens with one attached hydrogen (secondary N) is 3. The number of nitrogens with two attached hydrogens (primary N) is 1. The van der Waals surface area contributed by atoms with E-state index in [1.54, 1.807) is 12.1 Å². The lowest BCUT2D eigenvalue weighted by atomic mass is 10.1. The monoisotopic (exact) mass is 532 g/mol. The van der Waals surface area contributed by atoms with Crippen molar-refractivity contribution in [2.24, 2.45) is 10.7 Å². The van der Waals surface area contributed by atoms with E-state index >= 15 is 0 Å². The average Bonchev–Trinajstić information content (AvgIpc) is 2.67. The Balaban J connectivity index is 0.00000841. The Bertz CT molecular complexity index is 669. The molecule has 0 aliphatic carbocycles. The molecular formula is C21H37IN6O2. The van der Waals surface area contributed by atoms with Crippen LogP contribution in [-0.4, -0.2) is 60.9 Å².